The number of hydrogen-bond donors (Lipinski definition) is 2. The fourth-order valence-corrected chi connectivity index (χ4v) is 6.15. The molecule has 2 unspecified atom stereocenters. The van der Waals surface area contributed by atoms with Crippen molar-refractivity contribution in [3.63, 3.8) is 0 Å². The number of aliphatic carboxylic acids is 1. The third-order valence-corrected chi connectivity index (χ3v) is 8.26. The largest absolute Gasteiger partial charge is 1.00 e. The Labute approximate surface area is 255 Å². The van der Waals surface area contributed by atoms with Gasteiger partial charge in [0.15, 0.2) is 0 Å². The molecular formula is C25H26N5NaO8S. The van der Waals surface area contributed by atoms with Crippen molar-refractivity contribution in [1.82, 2.24) is 25.3 Å². The fraction of sp³-hybridized carbons (Fsp3) is 0.440. The summed E-state index contributed by atoms with van der Waals surface area (Å²) in [7, 11) is 0. The first-order valence-electron chi connectivity index (χ1n) is 12.4. The van der Waals surface area contributed by atoms with Crippen LogP contribution >= 0.6 is 11.8 Å². The first kappa shape index (κ1) is 29.9. The topological polar surface area (TPSA) is 168 Å². The molecule has 1 aliphatic carbocycles. The van der Waals surface area contributed by atoms with E-state index in [1.807, 2.05) is 0 Å². The van der Waals surface area contributed by atoms with Crippen LogP contribution in [0.4, 0.5) is 9.59 Å². The summed E-state index contributed by atoms with van der Waals surface area (Å²) in [5.41, 5.74) is 0.277. The molecule has 15 heteroatoms. The van der Waals surface area contributed by atoms with Crippen molar-refractivity contribution in [1.29, 1.82) is 0 Å². The van der Waals surface area contributed by atoms with E-state index in [1.165, 1.54) is 18.7 Å². The molecule has 1 aromatic rings. The van der Waals surface area contributed by atoms with Gasteiger partial charge in [-0.15, -0.1) is 11.8 Å². The zero-order valence-corrected chi connectivity index (χ0v) is 24.8. The molecule has 0 spiro atoms. The monoisotopic (exact) mass is 579 g/mol. The van der Waals surface area contributed by atoms with E-state index >= 15 is 0 Å². The number of esters is 1. The number of nitrogens with one attached hydrogen (secondary N) is 2. The van der Waals surface area contributed by atoms with Crippen LogP contribution in [0.25, 0.3) is 0 Å². The number of carbonyl (C=O) groups is 6. The average molecular weight is 580 g/mol. The maximum absolute atomic E-state index is 13.4. The van der Waals surface area contributed by atoms with Gasteiger partial charge in [-0.1, -0.05) is 30.3 Å². The summed E-state index contributed by atoms with van der Waals surface area (Å²) < 4.78 is 4.91. The van der Waals surface area contributed by atoms with Crippen molar-refractivity contribution < 1.29 is 68.2 Å². The van der Waals surface area contributed by atoms with Gasteiger partial charge in [0.25, 0.3) is 5.91 Å². The van der Waals surface area contributed by atoms with E-state index < -0.39 is 53.3 Å². The van der Waals surface area contributed by atoms with Gasteiger partial charge in [0.05, 0.1) is 11.7 Å². The molecule has 0 radical (unpaired) electrons. The van der Waals surface area contributed by atoms with Gasteiger partial charge in [0.2, 0.25) is 5.91 Å². The van der Waals surface area contributed by atoms with Crippen molar-refractivity contribution in [2.24, 2.45) is 0 Å². The molecule has 206 valence electrons. The number of ether oxygens (including phenoxy) is 1. The van der Waals surface area contributed by atoms with Crippen molar-refractivity contribution in [2.75, 3.05) is 25.4 Å². The molecule has 6 amide bonds. The molecule has 2 saturated heterocycles. The van der Waals surface area contributed by atoms with Gasteiger partial charge in [-0.3, -0.25) is 19.3 Å². The van der Waals surface area contributed by atoms with Gasteiger partial charge in [0.1, 0.15) is 24.1 Å². The second kappa shape index (κ2) is 12.2. The molecule has 0 bridgehead atoms. The Hall–Kier alpha value is -3.07. The number of urea groups is 2. The van der Waals surface area contributed by atoms with Crippen LogP contribution in [0.5, 0.6) is 0 Å². The second-order valence-electron chi connectivity index (χ2n) is 9.57. The number of nitrogens with zero attached hydrogens (tertiary/aromatic N) is 3. The molecule has 3 aliphatic heterocycles. The number of carbonyl (C=O) groups excluding carboxylic acids is 6. The van der Waals surface area contributed by atoms with Crippen LogP contribution in [0, 0.1) is 0 Å². The van der Waals surface area contributed by atoms with Crippen molar-refractivity contribution in [3.8, 4) is 0 Å². The molecule has 0 aromatic heterocycles. The van der Waals surface area contributed by atoms with Gasteiger partial charge in [-0.25, -0.2) is 14.5 Å². The molecule has 3 heterocycles. The fourth-order valence-electron chi connectivity index (χ4n) is 4.82. The smallest absolute Gasteiger partial charge is 0.543 e. The molecule has 3 atom stereocenters. The molecule has 3 fully saturated rings. The van der Waals surface area contributed by atoms with E-state index in [1.54, 1.807) is 35.2 Å². The SMILES string of the molecule is CC(=O)OCC1=C(C(=O)[O-])N2C(=O)C(NC(=O)C(NC(=O)N3CCN(C4CC4)C3=O)c3ccccc3)[C@@H]2SC1.[Na+]. The summed E-state index contributed by atoms with van der Waals surface area (Å²) in [5, 5.41) is 16.4. The second-order valence-corrected chi connectivity index (χ2v) is 10.7. The molecule has 2 N–H and O–H groups in total. The Morgan fingerprint density at radius 2 is 1.82 bits per heavy atom. The standard InChI is InChI=1S/C25H27N5O8S.Na/c1-13(31)38-11-15-12-39-22-18(21(33)30(22)19(15)23(34)35)26-20(32)17(14-5-3-2-4-6-14)27-24(36)29-10-9-28(25(29)37)16-7-8-16;/h2-6,16-18,22H,7-12H2,1H3,(H,26,32)(H,27,36)(H,34,35);/q;+1/p-1/t17?,18?,22-;/m0./s1. The van der Waals surface area contributed by atoms with Crippen LogP contribution < -0.4 is 45.3 Å². The number of benzene rings is 1. The minimum absolute atomic E-state index is 0. The Balaban J connectivity index is 0.00000370. The van der Waals surface area contributed by atoms with Gasteiger partial charge in [-0.05, 0) is 18.4 Å². The quantitative estimate of drug-likeness (QED) is 0.179. The summed E-state index contributed by atoms with van der Waals surface area (Å²) >= 11 is 1.20. The number of amides is 6. The molecule has 1 aromatic carbocycles. The Bertz CT molecular complexity index is 1270. The van der Waals surface area contributed by atoms with Crippen molar-refractivity contribution >= 4 is 47.6 Å². The first-order chi connectivity index (χ1) is 18.7. The molecular weight excluding hydrogens is 553 g/mol. The van der Waals surface area contributed by atoms with Gasteiger partial charge in [0, 0.05) is 37.4 Å². The maximum Gasteiger partial charge on any atom is 1.00 e. The first-order valence-corrected chi connectivity index (χ1v) is 13.5. The van der Waals surface area contributed by atoms with Gasteiger partial charge >= 0.3 is 47.6 Å². The summed E-state index contributed by atoms with van der Waals surface area (Å²) in [6.45, 7) is 1.52. The van der Waals surface area contributed by atoms with E-state index in [0.717, 1.165) is 22.6 Å². The zero-order chi connectivity index (χ0) is 27.8. The number of carboxylic acids is 1. The van der Waals surface area contributed by atoms with E-state index in [4.69, 9.17) is 4.74 Å². The van der Waals surface area contributed by atoms with Crippen LogP contribution in [0.15, 0.2) is 41.6 Å². The molecule has 4 aliphatic rings. The summed E-state index contributed by atoms with van der Waals surface area (Å²) in [6.07, 6.45) is 1.81. The summed E-state index contributed by atoms with van der Waals surface area (Å²) in [4.78, 5) is 78.9. The molecule has 1 saturated carbocycles. The van der Waals surface area contributed by atoms with E-state index in [0.29, 0.717) is 12.1 Å². The predicted molar refractivity (Wildman–Crippen MR) is 133 cm³/mol. The average Bonchev–Trinajstić information content (AvgIpc) is 3.69. The Morgan fingerprint density at radius 3 is 2.45 bits per heavy atom. The number of fused-ring (bicyclic) bond motifs is 1. The predicted octanol–water partition coefficient (Wildman–Crippen LogP) is -3.69. The summed E-state index contributed by atoms with van der Waals surface area (Å²) in [5.74, 6) is -3.41. The van der Waals surface area contributed by atoms with Crippen LogP contribution in [-0.2, 0) is 23.9 Å². The number of β-lactam (4-membered cyclic amide) rings is 1. The van der Waals surface area contributed by atoms with E-state index in [9.17, 15) is 33.9 Å². The maximum atomic E-state index is 13.4. The summed E-state index contributed by atoms with van der Waals surface area (Å²) in [6, 6.07) is 5.13. The minimum Gasteiger partial charge on any atom is -0.543 e. The van der Waals surface area contributed by atoms with Crippen LogP contribution in [0.3, 0.4) is 0 Å². The Morgan fingerprint density at radius 1 is 1.12 bits per heavy atom. The number of thioether (sulfide) groups is 1. The van der Waals surface area contributed by atoms with Gasteiger partial charge in [-0.2, -0.15) is 0 Å². The molecule has 13 nitrogen and oxygen atoms in total. The number of rotatable bonds is 8. The van der Waals surface area contributed by atoms with E-state index in [2.05, 4.69) is 10.6 Å². The number of imide groups is 1. The van der Waals surface area contributed by atoms with Crippen LogP contribution in [0.1, 0.15) is 31.4 Å². The number of hydrogen-bond acceptors (Lipinski definition) is 9. The molecule has 5 rings (SSSR count). The third kappa shape index (κ3) is 5.85. The zero-order valence-electron chi connectivity index (χ0n) is 22.0. The Kier molecular flexibility index (Phi) is 9.12. The third-order valence-electron chi connectivity index (χ3n) is 6.92. The van der Waals surface area contributed by atoms with Crippen LogP contribution in [0.2, 0.25) is 0 Å². The van der Waals surface area contributed by atoms with Crippen molar-refractivity contribution in [2.45, 2.75) is 43.3 Å². The van der Waals surface area contributed by atoms with Crippen molar-refractivity contribution in [3.05, 3.63) is 47.2 Å². The van der Waals surface area contributed by atoms with Crippen LogP contribution in [-0.4, -0.2) is 93.4 Å². The van der Waals surface area contributed by atoms with Gasteiger partial charge < -0.3 is 30.2 Å². The minimum atomic E-state index is -1.59. The normalized spacial score (nSPS) is 22.6. The van der Waals surface area contributed by atoms with E-state index in [-0.39, 0.29) is 65.8 Å². The number of carboxylic acid groups (broad SMARTS) is 1. The molecule has 40 heavy (non-hydrogen) atoms.